The first kappa shape index (κ1) is 16.7. The normalized spacial score (nSPS) is 14.6. The van der Waals surface area contributed by atoms with Gasteiger partial charge in [-0.05, 0) is 20.3 Å². The molecule has 2 unspecified atom stereocenters. The van der Waals surface area contributed by atoms with Gasteiger partial charge in [0.05, 0.1) is 5.75 Å². The molecule has 0 spiro atoms. The van der Waals surface area contributed by atoms with E-state index in [0.29, 0.717) is 6.42 Å². The molecule has 18 heavy (non-hydrogen) atoms. The maximum atomic E-state index is 11.4. The second kappa shape index (κ2) is 7.20. The highest BCUT2D eigenvalue weighted by Crippen LogP contribution is 1.96. The van der Waals surface area contributed by atoms with Gasteiger partial charge >= 0.3 is 12.0 Å². The Labute approximate surface area is 107 Å². The summed E-state index contributed by atoms with van der Waals surface area (Å²) in [6.45, 7) is 3.27. The van der Waals surface area contributed by atoms with Crippen LogP contribution in [0.15, 0.2) is 0 Å². The minimum atomic E-state index is -3.14. The summed E-state index contributed by atoms with van der Waals surface area (Å²) in [6.07, 6.45) is 1.39. The van der Waals surface area contributed by atoms with E-state index in [-0.39, 0.29) is 18.2 Å². The first-order chi connectivity index (χ1) is 8.10. The van der Waals surface area contributed by atoms with Crippen molar-refractivity contribution >= 4 is 21.8 Å². The number of hydrogen-bond acceptors (Lipinski definition) is 4. The van der Waals surface area contributed by atoms with Crippen molar-refractivity contribution in [1.29, 1.82) is 0 Å². The number of hydrogen-bond donors (Lipinski definition) is 3. The molecule has 0 saturated heterocycles. The van der Waals surface area contributed by atoms with Gasteiger partial charge in [0.25, 0.3) is 0 Å². The van der Waals surface area contributed by atoms with Gasteiger partial charge in [0.15, 0.2) is 0 Å². The summed E-state index contributed by atoms with van der Waals surface area (Å²) in [5.74, 6) is -1.06. The lowest BCUT2D eigenvalue weighted by Crippen LogP contribution is -2.46. The lowest BCUT2D eigenvalue weighted by atomic mass is 10.2. The summed E-state index contributed by atoms with van der Waals surface area (Å²) in [7, 11) is -3.14. The Hall–Kier alpha value is -1.31. The third-order valence-corrected chi connectivity index (χ3v) is 3.20. The van der Waals surface area contributed by atoms with Gasteiger partial charge in [0.2, 0.25) is 0 Å². The Balaban J connectivity index is 3.99. The second-order valence-corrected chi connectivity index (χ2v) is 6.63. The molecule has 0 fully saturated rings. The van der Waals surface area contributed by atoms with Crippen LogP contribution in [-0.2, 0) is 14.6 Å². The van der Waals surface area contributed by atoms with Crippen LogP contribution in [0, 0.1) is 0 Å². The number of carbonyl (C=O) groups excluding carboxylic acids is 1. The predicted octanol–water partition coefficient (Wildman–Crippen LogP) is -0.0280. The summed E-state index contributed by atoms with van der Waals surface area (Å²) in [5.41, 5.74) is 0. The minimum Gasteiger partial charge on any atom is -0.481 e. The molecule has 3 N–H and O–H groups in total. The molecule has 2 amide bonds. The van der Waals surface area contributed by atoms with Crippen molar-refractivity contribution < 1.29 is 23.1 Å². The molecule has 0 aromatic rings. The van der Waals surface area contributed by atoms with E-state index in [1.165, 1.54) is 0 Å². The van der Waals surface area contributed by atoms with E-state index in [4.69, 9.17) is 5.11 Å². The average Bonchev–Trinajstić information content (AvgIpc) is 2.10. The number of aliphatic carboxylic acids is 1. The van der Waals surface area contributed by atoms with Crippen molar-refractivity contribution in [3.63, 3.8) is 0 Å². The maximum absolute atomic E-state index is 11.4. The molecule has 0 aliphatic carbocycles. The molecule has 0 aromatic carbocycles. The average molecular weight is 280 g/mol. The largest absolute Gasteiger partial charge is 0.481 e. The molecular weight excluding hydrogens is 260 g/mol. The SMILES string of the molecule is CC(CCC(=O)O)NC(=O)NC(C)CS(C)(=O)=O. The molecule has 0 bridgehead atoms. The quantitative estimate of drug-likeness (QED) is 0.606. The van der Waals surface area contributed by atoms with Crippen LogP contribution in [0.4, 0.5) is 4.79 Å². The van der Waals surface area contributed by atoms with E-state index in [1.54, 1.807) is 13.8 Å². The fourth-order valence-electron chi connectivity index (χ4n) is 1.40. The van der Waals surface area contributed by atoms with Crippen LogP contribution in [0.25, 0.3) is 0 Å². The highest BCUT2D eigenvalue weighted by molar-refractivity contribution is 7.90. The number of carbonyl (C=O) groups is 2. The van der Waals surface area contributed by atoms with Gasteiger partial charge in [0, 0.05) is 24.8 Å². The molecule has 0 aliphatic rings. The summed E-state index contributed by atoms with van der Waals surface area (Å²) in [5, 5.41) is 13.5. The number of carboxylic acids is 1. The predicted molar refractivity (Wildman–Crippen MR) is 67.2 cm³/mol. The van der Waals surface area contributed by atoms with Crippen LogP contribution >= 0.6 is 0 Å². The van der Waals surface area contributed by atoms with Gasteiger partial charge in [0.1, 0.15) is 9.84 Å². The number of sulfone groups is 1. The van der Waals surface area contributed by atoms with Crippen molar-refractivity contribution in [2.24, 2.45) is 0 Å². The molecule has 0 saturated carbocycles. The lowest BCUT2D eigenvalue weighted by molar-refractivity contribution is -0.137. The first-order valence-corrected chi connectivity index (χ1v) is 7.62. The molecule has 0 aromatic heterocycles. The Bertz CT molecular complexity index is 393. The molecular formula is C10H20N2O5S. The monoisotopic (exact) mass is 280 g/mol. The second-order valence-electron chi connectivity index (χ2n) is 4.44. The molecule has 8 heteroatoms. The smallest absolute Gasteiger partial charge is 0.315 e. The Morgan fingerprint density at radius 2 is 1.67 bits per heavy atom. The van der Waals surface area contributed by atoms with Crippen molar-refractivity contribution in [1.82, 2.24) is 10.6 Å². The Morgan fingerprint density at radius 3 is 2.11 bits per heavy atom. The molecule has 0 radical (unpaired) electrons. The number of rotatable bonds is 7. The van der Waals surface area contributed by atoms with Crippen molar-refractivity contribution in [2.75, 3.05) is 12.0 Å². The molecule has 0 heterocycles. The maximum Gasteiger partial charge on any atom is 0.315 e. The van der Waals surface area contributed by atoms with Crippen LogP contribution in [0.2, 0.25) is 0 Å². The fraction of sp³-hybridized carbons (Fsp3) is 0.800. The highest BCUT2D eigenvalue weighted by atomic mass is 32.2. The highest BCUT2D eigenvalue weighted by Gasteiger charge is 2.14. The summed E-state index contributed by atoms with van der Waals surface area (Å²) < 4.78 is 22.0. The van der Waals surface area contributed by atoms with Gasteiger partial charge in [-0.15, -0.1) is 0 Å². The zero-order valence-electron chi connectivity index (χ0n) is 10.8. The molecule has 0 rings (SSSR count). The number of carboxylic acid groups (broad SMARTS) is 1. The van der Waals surface area contributed by atoms with E-state index in [9.17, 15) is 18.0 Å². The number of nitrogens with one attached hydrogen (secondary N) is 2. The van der Waals surface area contributed by atoms with Crippen LogP contribution < -0.4 is 10.6 Å². The third kappa shape index (κ3) is 9.88. The zero-order chi connectivity index (χ0) is 14.3. The Morgan fingerprint density at radius 1 is 1.17 bits per heavy atom. The van der Waals surface area contributed by atoms with Crippen LogP contribution in [0.1, 0.15) is 26.7 Å². The van der Waals surface area contributed by atoms with Gasteiger partial charge in [-0.2, -0.15) is 0 Å². The van der Waals surface area contributed by atoms with E-state index in [0.717, 1.165) is 6.26 Å². The van der Waals surface area contributed by atoms with Crippen LogP contribution in [-0.4, -0.2) is 49.6 Å². The van der Waals surface area contributed by atoms with Gasteiger partial charge < -0.3 is 15.7 Å². The van der Waals surface area contributed by atoms with Crippen LogP contribution in [0.5, 0.6) is 0 Å². The van der Waals surface area contributed by atoms with Gasteiger partial charge in [-0.1, -0.05) is 0 Å². The third-order valence-electron chi connectivity index (χ3n) is 2.10. The van der Waals surface area contributed by atoms with E-state index < -0.39 is 27.9 Å². The van der Waals surface area contributed by atoms with E-state index in [2.05, 4.69) is 10.6 Å². The summed E-state index contributed by atoms with van der Waals surface area (Å²) in [6, 6.07) is -1.28. The minimum absolute atomic E-state index is 0.0274. The van der Waals surface area contributed by atoms with Gasteiger partial charge in [-0.3, -0.25) is 4.79 Å². The summed E-state index contributed by atoms with van der Waals surface area (Å²) >= 11 is 0. The standard InChI is InChI=1S/C10H20N2O5S/c1-7(4-5-9(13)14)11-10(15)12-8(2)6-18(3,16)17/h7-8H,4-6H2,1-3H3,(H,13,14)(H2,11,12,15). The fourth-order valence-corrected chi connectivity index (χ4v) is 2.39. The zero-order valence-corrected chi connectivity index (χ0v) is 11.6. The van der Waals surface area contributed by atoms with Crippen molar-refractivity contribution in [2.45, 2.75) is 38.8 Å². The van der Waals surface area contributed by atoms with Crippen molar-refractivity contribution in [3.8, 4) is 0 Å². The molecule has 0 aliphatic heterocycles. The van der Waals surface area contributed by atoms with Gasteiger partial charge in [-0.25, -0.2) is 13.2 Å². The Kier molecular flexibility index (Phi) is 6.67. The molecule has 106 valence electrons. The van der Waals surface area contributed by atoms with E-state index in [1.807, 2.05) is 0 Å². The topological polar surface area (TPSA) is 113 Å². The number of amides is 2. The first-order valence-electron chi connectivity index (χ1n) is 5.56. The molecule has 2 atom stereocenters. The summed E-state index contributed by atoms with van der Waals surface area (Å²) in [4.78, 5) is 21.8. The van der Waals surface area contributed by atoms with E-state index >= 15 is 0 Å². The molecule has 7 nitrogen and oxygen atoms in total. The van der Waals surface area contributed by atoms with Crippen LogP contribution in [0.3, 0.4) is 0 Å². The lowest BCUT2D eigenvalue weighted by Gasteiger charge is -2.17. The van der Waals surface area contributed by atoms with Crippen molar-refractivity contribution in [3.05, 3.63) is 0 Å². The number of urea groups is 1.